The number of aromatic nitrogens is 6. The molecule has 130 valence electrons. The van der Waals surface area contributed by atoms with Crippen molar-refractivity contribution in [2.75, 3.05) is 5.32 Å². The number of H-pyrrole nitrogens is 1. The van der Waals surface area contributed by atoms with Crippen molar-refractivity contribution in [1.29, 1.82) is 0 Å². The molecule has 0 aliphatic rings. The Morgan fingerprint density at radius 1 is 1.31 bits per heavy atom. The minimum absolute atomic E-state index is 0.0707. The molecule has 1 aromatic carbocycles. The molecular formula is C16H13N7O2S. The number of nitrogens with zero attached hydrogens (tertiary/aromatic N) is 5. The van der Waals surface area contributed by atoms with Crippen molar-refractivity contribution < 1.29 is 4.79 Å². The number of thiophene rings is 1. The predicted molar refractivity (Wildman–Crippen MR) is 96.3 cm³/mol. The van der Waals surface area contributed by atoms with Crippen LogP contribution >= 0.6 is 11.3 Å². The van der Waals surface area contributed by atoms with Crippen molar-refractivity contribution in [3.63, 3.8) is 0 Å². The lowest BCUT2D eigenvalue weighted by Crippen LogP contribution is -2.21. The predicted octanol–water partition coefficient (Wildman–Crippen LogP) is 1.58. The molecule has 0 radical (unpaired) electrons. The fraction of sp³-hybridized carbons (Fsp3) is 0.125. The van der Waals surface area contributed by atoms with Gasteiger partial charge < -0.3 is 0 Å². The monoisotopic (exact) mass is 367 g/mol. The van der Waals surface area contributed by atoms with Gasteiger partial charge in [0.2, 0.25) is 0 Å². The Hall–Kier alpha value is -3.40. The maximum absolute atomic E-state index is 12.9. The number of hydrogen-bond acceptors (Lipinski definition) is 7. The summed E-state index contributed by atoms with van der Waals surface area (Å²) in [5.41, 5.74) is 1.41. The van der Waals surface area contributed by atoms with E-state index < -0.39 is 5.91 Å². The highest BCUT2D eigenvalue weighted by Crippen LogP contribution is 2.27. The molecule has 0 saturated heterocycles. The number of rotatable bonds is 4. The van der Waals surface area contributed by atoms with Crippen LogP contribution in [0.4, 0.5) is 5.95 Å². The first-order chi connectivity index (χ1) is 12.6. The van der Waals surface area contributed by atoms with Gasteiger partial charge in [0, 0.05) is 0 Å². The molecule has 0 bridgehead atoms. The van der Waals surface area contributed by atoms with Gasteiger partial charge in [-0.25, -0.2) is 4.98 Å². The van der Waals surface area contributed by atoms with E-state index >= 15 is 0 Å². The molecule has 2 N–H and O–H groups in total. The first-order valence-electron chi connectivity index (χ1n) is 7.70. The standard InChI is InChI=1S/C16H13N7O2S/c1-9-11-14(26-12(9)13(24)18-16-19-21-22-20-16)17-8-23(15(11)25)7-10-5-3-2-4-6-10/h2-6,8H,7H2,1H3,(H2,18,19,20,21,22,24). The van der Waals surface area contributed by atoms with Gasteiger partial charge in [-0.15, -0.1) is 16.4 Å². The number of aromatic amines is 1. The summed E-state index contributed by atoms with van der Waals surface area (Å²) < 4.78 is 1.54. The molecule has 0 spiro atoms. The van der Waals surface area contributed by atoms with E-state index in [2.05, 4.69) is 30.9 Å². The molecule has 3 aromatic heterocycles. The van der Waals surface area contributed by atoms with Crippen LogP contribution in [0.15, 0.2) is 41.5 Å². The van der Waals surface area contributed by atoms with E-state index in [1.54, 1.807) is 6.92 Å². The molecule has 0 saturated carbocycles. The van der Waals surface area contributed by atoms with Crippen LogP contribution in [0.3, 0.4) is 0 Å². The Labute approximate surface area is 150 Å². The van der Waals surface area contributed by atoms with Crippen molar-refractivity contribution in [2.24, 2.45) is 0 Å². The summed E-state index contributed by atoms with van der Waals surface area (Å²) in [4.78, 5) is 30.6. The van der Waals surface area contributed by atoms with Gasteiger partial charge in [-0.2, -0.15) is 5.21 Å². The van der Waals surface area contributed by atoms with Gasteiger partial charge >= 0.3 is 0 Å². The lowest BCUT2D eigenvalue weighted by Gasteiger charge is -2.05. The number of hydrogen-bond donors (Lipinski definition) is 2. The lowest BCUT2D eigenvalue weighted by atomic mass is 10.2. The maximum Gasteiger partial charge on any atom is 0.270 e. The number of carbonyl (C=O) groups excluding carboxylic acids is 1. The number of tetrazole rings is 1. The number of anilines is 1. The number of nitrogens with one attached hydrogen (secondary N) is 2. The number of aryl methyl sites for hydroxylation is 1. The lowest BCUT2D eigenvalue weighted by molar-refractivity contribution is 0.102. The molecule has 0 atom stereocenters. The van der Waals surface area contributed by atoms with Crippen LogP contribution in [0.25, 0.3) is 10.2 Å². The zero-order valence-corrected chi connectivity index (χ0v) is 14.4. The molecule has 0 aliphatic carbocycles. The van der Waals surface area contributed by atoms with Gasteiger partial charge in [0.25, 0.3) is 17.4 Å². The average molecular weight is 367 g/mol. The number of fused-ring (bicyclic) bond motifs is 1. The third-order valence-electron chi connectivity index (χ3n) is 3.89. The highest BCUT2D eigenvalue weighted by molar-refractivity contribution is 7.20. The van der Waals surface area contributed by atoms with Crippen LogP contribution in [-0.2, 0) is 6.54 Å². The van der Waals surface area contributed by atoms with Crippen LogP contribution in [0.5, 0.6) is 0 Å². The molecule has 10 heteroatoms. The molecular weight excluding hydrogens is 354 g/mol. The normalized spacial score (nSPS) is 11.0. The second-order valence-corrected chi connectivity index (χ2v) is 6.59. The van der Waals surface area contributed by atoms with Crippen molar-refractivity contribution in [3.05, 3.63) is 63.0 Å². The van der Waals surface area contributed by atoms with Gasteiger partial charge in [0.05, 0.1) is 23.1 Å². The van der Waals surface area contributed by atoms with Crippen LogP contribution in [-0.4, -0.2) is 36.1 Å². The van der Waals surface area contributed by atoms with Crippen LogP contribution in [0.1, 0.15) is 20.8 Å². The molecule has 1 amide bonds. The number of carbonyl (C=O) groups is 1. The van der Waals surface area contributed by atoms with Crippen LogP contribution < -0.4 is 10.9 Å². The zero-order chi connectivity index (χ0) is 18.1. The van der Waals surface area contributed by atoms with Crippen molar-refractivity contribution >= 4 is 33.4 Å². The van der Waals surface area contributed by atoms with E-state index in [0.717, 1.165) is 16.9 Å². The molecule has 9 nitrogen and oxygen atoms in total. The topological polar surface area (TPSA) is 118 Å². The molecule has 4 rings (SSSR count). The largest absolute Gasteiger partial charge is 0.294 e. The summed E-state index contributed by atoms with van der Waals surface area (Å²) in [6.45, 7) is 2.15. The molecule has 26 heavy (non-hydrogen) atoms. The summed E-state index contributed by atoms with van der Waals surface area (Å²) in [5.74, 6) is -0.331. The fourth-order valence-corrected chi connectivity index (χ4v) is 3.68. The van der Waals surface area contributed by atoms with E-state index in [0.29, 0.717) is 27.2 Å². The van der Waals surface area contributed by atoms with Crippen LogP contribution in [0, 0.1) is 6.92 Å². The Kier molecular flexibility index (Phi) is 4.01. The summed E-state index contributed by atoms with van der Waals surface area (Å²) in [6, 6.07) is 9.65. The van der Waals surface area contributed by atoms with Gasteiger partial charge in [0.15, 0.2) is 0 Å². The van der Waals surface area contributed by atoms with E-state index in [1.807, 2.05) is 30.3 Å². The fourth-order valence-electron chi connectivity index (χ4n) is 2.64. The van der Waals surface area contributed by atoms with E-state index in [1.165, 1.54) is 10.9 Å². The quantitative estimate of drug-likeness (QED) is 0.565. The maximum atomic E-state index is 12.9. The highest BCUT2D eigenvalue weighted by atomic mass is 32.1. The SMILES string of the molecule is Cc1c(C(=O)Nc2nn[nH]n2)sc2ncn(Cc3ccccc3)c(=O)c12. The Balaban J connectivity index is 1.72. The number of amides is 1. The van der Waals surface area contributed by atoms with Crippen LogP contribution in [0.2, 0.25) is 0 Å². The minimum atomic E-state index is -0.402. The highest BCUT2D eigenvalue weighted by Gasteiger charge is 2.20. The van der Waals surface area contributed by atoms with Gasteiger partial charge in [-0.1, -0.05) is 35.4 Å². The Morgan fingerprint density at radius 2 is 2.12 bits per heavy atom. The summed E-state index contributed by atoms with van der Waals surface area (Å²) >= 11 is 1.16. The second-order valence-electron chi connectivity index (χ2n) is 5.59. The molecule has 0 fully saturated rings. The summed E-state index contributed by atoms with van der Waals surface area (Å²) in [5, 5.41) is 16.0. The number of benzene rings is 1. The Morgan fingerprint density at radius 3 is 2.85 bits per heavy atom. The second kappa shape index (κ2) is 6.48. The van der Waals surface area contributed by atoms with Crippen molar-refractivity contribution in [2.45, 2.75) is 13.5 Å². The Bertz CT molecular complexity index is 1130. The van der Waals surface area contributed by atoms with E-state index in [-0.39, 0.29) is 11.5 Å². The smallest absolute Gasteiger partial charge is 0.270 e. The summed E-state index contributed by atoms with van der Waals surface area (Å²) in [6.07, 6.45) is 1.51. The van der Waals surface area contributed by atoms with E-state index in [9.17, 15) is 9.59 Å². The minimum Gasteiger partial charge on any atom is -0.294 e. The molecule has 3 heterocycles. The van der Waals surface area contributed by atoms with Crippen molar-refractivity contribution in [1.82, 2.24) is 30.2 Å². The van der Waals surface area contributed by atoms with E-state index in [4.69, 9.17) is 0 Å². The van der Waals surface area contributed by atoms with Gasteiger partial charge in [0.1, 0.15) is 4.83 Å². The first-order valence-corrected chi connectivity index (χ1v) is 8.52. The third-order valence-corrected chi connectivity index (χ3v) is 5.09. The molecule has 4 aromatic rings. The third kappa shape index (κ3) is 2.86. The zero-order valence-electron chi connectivity index (χ0n) is 13.6. The molecule has 0 aliphatic heterocycles. The average Bonchev–Trinajstić information content (AvgIpc) is 3.26. The van der Waals surface area contributed by atoms with Gasteiger partial charge in [-0.05, 0) is 23.3 Å². The summed E-state index contributed by atoms with van der Waals surface area (Å²) in [7, 11) is 0. The molecule has 0 unspecified atom stereocenters. The first kappa shape index (κ1) is 16.1. The van der Waals surface area contributed by atoms with Crippen molar-refractivity contribution in [3.8, 4) is 0 Å². The van der Waals surface area contributed by atoms with Gasteiger partial charge in [-0.3, -0.25) is 19.5 Å².